The molecule has 0 aliphatic heterocycles. The third-order valence-corrected chi connectivity index (χ3v) is 7.57. The molecule has 1 aliphatic rings. The minimum absolute atomic E-state index is 0.0696. The Morgan fingerprint density at radius 1 is 0.974 bits per heavy atom. The molecule has 1 N–H and O–H groups in total. The third-order valence-electron chi connectivity index (χ3n) is 6.59. The number of aromatic nitrogens is 2. The molecule has 1 amide bonds. The van der Waals surface area contributed by atoms with Gasteiger partial charge in [-0.1, -0.05) is 75.1 Å². The number of rotatable bonds is 5. The Kier molecular flexibility index (Phi) is 11.3. The Morgan fingerprint density at radius 2 is 1.66 bits per heavy atom. The topological polar surface area (TPSA) is 58.1 Å². The Bertz CT molecular complexity index is 1290. The number of nitrogens with one attached hydrogen (secondary N) is 1. The molecule has 38 heavy (non-hydrogen) atoms. The molecule has 2 aromatic carbocycles. The van der Waals surface area contributed by atoms with Crippen LogP contribution in [0.1, 0.15) is 67.7 Å². The standard InChI is InChI=1S/C19H23NOS.C11H13N3.C2H6/c1-14-7-9-16(10-8-14)18-11-17(13-22-18)19(21)20-12-15-5-3-2-4-6-15;1-8-12-10-7-5-4-6-9(10)11(13-8)14(2)3;1-2/h7-11,13,15H,2-6,12H2,1H3,(H,20,21);4-7H,1-3H3;1-2H3. The molecule has 0 bridgehead atoms. The van der Waals surface area contributed by atoms with Crippen LogP contribution in [0.15, 0.2) is 60.0 Å². The van der Waals surface area contributed by atoms with E-state index in [1.807, 2.05) is 75.5 Å². The highest BCUT2D eigenvalue weighted by Crippen LogP contribution is 2.28. The van der Waals surface area contributed by atoms with Gasteiger partial charge in [0, 0.05) is 36.3 Å². The quantitative estimate of drug-likeness (QED) is 0.283. The normalized spacial score (nSPS) is 13.1. The molecule has 2 aromatic heterocycles. The summed E-state index contributed by atoms with van der Waals surface area (Å²) in [6.07, 6.45) is 6.51. The van der Waals surface area contributed by atoms with Gasteiger partial charge in [0.05, 0.1) is 11.1 Å². The van der Waals surface area contributed by atoms with Crippen LogP contribution in [0.25, 0.3) is 21.3 Å². The zero-order chi connectivity index (χ0) is 27.5. The van der Waals surface area contributed by atoms with E-state index in [2.05, 4.69) is 46.5 Å². The summed E-state index contributed by atoms with van der Waals surface area (Å²) in [5, 5.41) is 6.17. The molecule has 6 heteroatoms. The van der Waals surface area contributed by atoms with Gasteiger partial charge in [-0.3, -0.25) is 4.79 Å². The van der Waals surface area contributed by atoms with E-state index in [0.717, 1.165) is 39.5 Å². The number of amides is 1. The maximum atomic E-state index is 12.3. The summed E-state index contributed by atoms with van der Waals surface area (Å²) < 4.78 is 0. The number of fused-ring (bicyclic) bond motifs is 1. The van der Waals surface area contributed by atoms with E-state index < -0.39 is 0 Å². The maximum Gasteiger partial charge on any atom is 0.252 e. The lowest BCUT2D eigenvalue weighted by molar-refractivity contribution is 0.0944. The molecule has 0 saturated heterocycles. The van der Waals surface area contributed by atoms with Gasteiger partial charge in [0.25, 0.3) is 5.91 Å². The number of benzene rings is 2. The summed E-state index contributed by atoms with van der Waals surface area (Å²) in [6, 6.07) is 18.5. The number of carbonyl (C=O) groups is 1. The van der Waals surface area contributed by atoms with Crippen molar-refractivity contribution in [1.82, 2.24) is 15.3 Å². The van der Waals surface area contributed by atoms with E-state index in [-0.39, 0.29) is 5.91 Å². The Morgan fingerprint density at radius 3 is 2.34 bits per heavy atom. The predicted molar refractivity (Wildman–Crippen MR) is 163 cm³/mol. The SMILES string of the molecule is CC.Cc1ccc(-c2cc(C(=O)NCC3CCCCC3)cs2)cc1.Cc1nc(N(C)C)c2ccccc2n1. The van der Waals surface area contributed by atoms with Crippen molar-refractivity contribution in [3.63, 3.8) is 0 Å². The molecule has 5 rings (SSSR count). The molecule has 202 valence electrons. The highest BCUT2D eigenvalue weighted by atomic mass is 32.1. The maximum absolute atomic E-state index is 12.3. The van der Waals surface area contributed by atoms with Crippen molar-refractivity contribution < 1.29 is 4.79 Å². The molecular formula is C32H42N4OS. The second-order valence-corrected chi connectivity index (χ2v) is 10.7. The Labute approximate surface area is 232 Å². The predicted octanol–water partition coefficient (Wildman–Crippen LogP) is 8.06. The number of carbonyl (C=O) groups excluding carboxylic acids is 1. The van der Waals surface area contributed by atoms with Crippen molar-refractivity contribution >= 4 is 34.0 Å². The number of hydrogen-bond donors (Lipinski definition) is 1. The minimum Gasteiger partial charge on any atom is -0.362 e. The smallest absolute Gasteiger partial charge is 0.252 e. The van der Waals surface area contributed by atoms with E-state index >= 15 is 0 Å². The summed E-state index contributed by atoms with van der Waals surface area (Å²) in [4.78, 5) is 24.2. The summed E-state index contributed by atoms with van der Waals surface area (Å²) >= 11 is 1.64. The summed E-state index contributed by atoms with van der Waals surface area (Å²) in [5.74, 6) is 2.54. The molecule has 0 radical (unpaired) electrons. The third kappa shape index (κ3) is 8.12. The van der Waals surface area contributed by atoms with Gasteiger partial charge in [0.2, 0.25) is 0 Å². The van der Waals surface area contributed by atoms with Crippen LogP contribution in [-0.4, -0.2) is 36.5 Å². The van der Waals surface area contributed by atoms with Gasteiger partial charge in [0.15, 0.2) is 0 Å². The first kappa shape index (κ1) is 29.3. The molecule has 0 spiro atoms. The molecule has 0 atom stereocenters. The Hall–Kier alpha value is -3.25. The fourth-order valence-electron chi connectivity index (χ4n) is 4.57. The zero-order valence-electron chi connectivity index (χ0n) is 23.8. The van der Waals surface area contributed by atoms with Gasteiger partial charge >= 0.3 is 0 Å². The molecule has 1 saturated carbocycles. The van der Waals surface area contributed by atoms with Crippen LogP contribution < -0.4 is 10.2 Å². The number of nitrogens with zero attached hydrogens (tertiary/aromatic N) is 3. The van der Waals surface area contributed by atoms with Gasteiger partial charge in [-0.2, -0.15) is 0 Å². The van der Waals surface area contributed by atoms with Crippen LogP contribution in [0.4, 0.5) is 5.82 Å². The molecule has 4 aromatic rings. The van der Waals surface area contributed by atoms with Crippen LogP contribution >= 0.6 is 11.3 Å². The van der Waals surface area contributed by atoms with Gasteiger partial charge in [-0.25, -0.2) is 9.97 Å². The number of aryl methyl sites for hydroxylation is 2. The Balaban J connectivity index is 0.000000215. The van der Waals surface area contributed by atoms with Crippen molar-refractivity contribution in [2.24, 2.45) is 5.92 Å². The molecule has 1 aliphatic carbocycles. The van der Waals surface area contributed by atoms with Crippen LogP contribution in [0.3, 0.4) is 0 Å². The summed E-state index contributed by atoms with van der Waals surface area (Å²) in [5.41, 5.74) is 4.23. The zero-order valence-corrected chi connectivity index (χ0v) is 24.6. The van der Waals surface area contributed by atoms with Crippen molar-refractivity contribution in [2.75, 3.05) is 25.5 Å². The number of thiophene rings is 1. The van der Waals surface area contributed by atoms with Crippen LogP contribution in [0.2, 0.25) is 0 Å². The highest BCUT2D eigenvalue weighted by Gasteiger charge is 2.16. The van der Waals surface area contributed by atoms with Crippen molar-refractivity contribution in [3.05, 3.63) is 76.9 Å². The molecule has 1 fully saturated rings. The first-order valence-electron chi connectivity index (χ1n) is 13.7. The van der Waals surface area contributed by atoms with E-state index in [1.54, 1.807) is 11.3 Å². The number of anilines is 1. The van der Waals surface area contributed by atoms with Crippen LogP contribution in [-0.2, 0) is 0 Å². The molecule has 5 nitrogen and oxygen atoms in total. The minimum atomic E-state index is 0.0696. The molecule has 2 heterocycles. The van der Waals surface area contributed by atoms with Gasteiger partial charge in [0.1, 0.15) is 11.6 Å². The highest BCUT2D eigenvalue weighted by molar-refractivity contribution is 7.13. The first-order valence-corrected chi connectivity index (χ1v) is 14.6. The lowest BCUT2D eigenvalue weighted by Crippen LogP contribution is -2.29. The average Bonchev–Trinajstić information content (AvgIpc) is 3.44. The van der Waals surface area contributed by atoms with E-state index in [0.29, 0.717) is 5.92 Å². The second kappa shape index (κ2) is 14.6. The van der Waals surface area contributed by atoms with E-state index in [1.165, 1.54) is 43.2 Å². The lowest BCUT2D eigenvalue weighted by atomic mass is 9.89. The van der Waals surface area contributed by atoms with Gasteiger partial charge in [-0.15, -0.1) is 11.3 Å². The first-order chi connectivity index (χ1) is 18.4. The molecule has 0 unspecified atom stereocenters. The van der Waals surface area contributed by atoms with Crippen LogP contribution in [0.5, 0.6) is 0 Å². The van der Waals surface area contributed by atoms with Crippen molar-refractivity contribution in [3.8, 4) is 10.4 Å². The van der Waals surface area contributed by atoms with Gasteiger partial charge in [-0.05, 0) is 56.4 Å². The van der Waals surface area contributed by atoms with Crippen molar-refractivity contribution in [1.29, 1.82) is 0 Å². The fourth-order valence-corrected chi connectivity index (χ4v) is 5.46. The second-order valence-electron chi connectivity index (χ2n) is 9.79. The monoisotopic (exact) mass is 530 g/mol. The van der Waals surface area contributed by atoms with Crippen LogP contribution in [0, 0.1) is 19.8 Å². The number of hydrogen-bond acceptors (Lipinski definition) is 5. The van der Waals surface area contributed by atoms with E-state index in [9.17, 15) is 4.79 Å². The van der Waals surface area contributed by atoms with Gasteiger partial charge < -0.3 is 10.2 Å². The molecular weight excluding hydrogens is 488 g/mol. The lowest BCUT2D eigenvalue weighted by Gasteiger charge is -2.21. The summed E-state index contributed by atoms with van der Waals surface area (Å²) in [7, 11) is 3.99. The van der Waals surface area contributed by atoms with E-state index in [4.69, 9.17) is 0 Å². The average molecular weight is 531 g/mol. The summed E-state index contributed by atoms with van der Waals surface area (Å²) in [6.45, 7) is 8.83. The largest absolute Gasteiger partial charge is 0.362 e. The number of para-hydroxylation sites is 1. The van der Waals surface area contributed by atoms with Crippen molar-refractivity contribution in [2.45, 2.75) is 59.8 Å². The fraction of sp³-hybridized carbons (Fsp3) is 0.406.